The van der Waals surface area contributed by atoms with Crippen molar-refractivity contribution < 1.29 is 9.59 Å². The first-order valence-electron chi connectivity index (χ1n) is 8.27. The molecule has 0 atom stereocenters. The summed E-state index contributed by atoms with van der Waals surface area (Å²) in [6, 6.07) is 15.8. The predicted octanol–water partition coefficient (Wildman–Crippen LogP) is 4.11. The first-order valence-corrected chi connectivity index (χ1v) is 8.27. The molecule has 2 aromatic carbocycles. The molecule has 0 heterocycles. The van der Waals surface area contributed by atoms with Gasteiger partial charge >= 0.3 is 0 Å². The van der Waals surface area contributed by atoms with Crippen LogP contribution in [0.25, 0.3) is 12.2 Å². The minimum atomic E-state index is -0.356. The fourth-order valence-corrected chi connectivity index (χ4v) is 2.48. The van der Waals surface area contributed by atoms with Crippen molar-refractivity contribution in [3.05, 3.63) is 82.4 Å². The number of carbonyl (C=O) groups excluding carboxylic acids is 2. The van der Waals surface area contributed by atoms with Gasteiger partial charge in [-0.25, -0.2) is 0 Å². The number of nitrogens with one attached hydrogen (secondary N) is 1. The maximum absolute atomic E-state index is 12.3. The van der Waals surface area contributed by atoms with Crippen LogP contribution in [0.4, 0.5) is 0 Å². The van der Waals surface area contributed by atoms with Crippen LogP contribution in [0, 0.1) is 13.8 Å². The zero-order chi connectivity index (χ0) is 18.2. The number of Topliss-reactive ketones (excluding diaryl/α,β-unsaturated/α-hetero) is 1. The van der Waals surface area contributed by atoms with Crippen LogP contribution in [0.5, 0.6) is 0 Å². The third-order valence-electron chi connectivity index (χ3n) is 3.84. The lowest BCUT2D eigenvalue weighted by Crippen LogP contribution is -2.27. The van der Waals surface area contributed by atoms with E-state index in [1.165, 1.54) is 6.92 Å². The zero-order valence-corrected chi connectivity index (χ0v) is 14.9. The van der Waals surface area contributed by atoms with Crippen molar-refractivity contribution in [1.29, 1.82) is 0 Å². The van der Waals surface area contributed by atoms with E-state index in [0.29, 0.717) is 6.54 Å². The lowest BCUT2D eigenvalue weighted by Gasteiger charge is -2.07. The molecule has 0 fully saturated rings. The van der Waals surface area contributed by atoms with Crippen LogP contribution >= 0.6 is 0 Å². The SMILES string of the molecule is CC(=O)C(=Cc1ccc(C)cc1C)C(=O)NCC=Cc1ccccc1. The van der Waals surface area contributed by atoms with Gasteiger partial charge in [0.05, 0.1) is 5.57 Å². The zero-order valence-electron chi connectivity index (χ0n) is 14.9. The van der Waals surface area contributed by atoms with Gasteiger partial charge in [-0.1, -0.05) is 66.2 Å². The highest BCUT2D eigenvalue weighted by Gasteiger charge is 2.14. The van der Waals surface area contributed by atoms with Crippen LogP contribution in [-0.2, 0) is 9.59 Å². The summed E-state index contributed by atoms with van der Waals surface area (Å²) in [5, 5.41) is 2.77. The molecular weight excluding hydrogens is 310 g/mol. The molecule has 0 aliphatic heterocycles. The molecule has 0 aliphatic carbocycles. The van der Waals surface area contributed by atoms with Gasteiger partial charge in [0.15, 0.2) is 5.78 Å². The number of rotatable bonds is 6. The summed E-state index contributed by atoms with van der Waals surface area (Å²) in [6.07, 6.45) is 5.46. The number of hydrogen-bond donors (Lipinski definition) is 1. The highest BCUT2D eigenvalue weighted by Crippen LogP contribution is 2.15. The molecule has 0 unspecified atom stereocenters. The molecule has 1 N–H and O–H groups in total. The van der Waals surface area contributed by atoms with E-state index < -0.39 is 0 Å². The molecule has 25 heavy (non-hydrogen) atoms. The molecule has 3 heteroatoms. The topological polar surface area (TPSA) is 46.2 Å². The first kappa shape index (κ1) is 18.4. The van der Waals surface area contributed by atoms with Gasteiger partial charge < -0.3 is 5.32 Å². The van der Waals surface area contributed by atoms with Crippen LogP contribution < -0.4 is 5.32 Å². The van der Waals surface area contributed by atoms with Crippen molar-refractivity contribution in [2.45, 2.75) is 20.8 Å². The number of aryl methyl sites for hydroxylation is 2. The molecule has 0 bridgehead atoms. The summed E-state index contributed by atoms with van der Waals surface area (Å²) >= 11 is 0. The molecule has 0 spiro atoms. The van der Waals surface area contributed by atoms with Crippen molar-refractivity contribution in [2.75, 3.05) is 6.54 Å². The summed E-state index contributed by atoms with van der Waals surface area (Å²) < 4.78 is 0. The molecule has 1 amide bonds. The van der Waals surface area contributed by atoms with Gasteiger partial charge in [0.25, 0.3) is 5.91 Å². The molecule has 0 aromatic heterocycles. The second-order valence-electron chi connectivity index (χ2n) is 6.00. The molecular formula is C22H23NO2. The summed E-state index contributed by atoms with van der Waals surface area (Å²) in [6.45, 7) is 5.76. The maximum atomic E-state index is 12.3. The van der Waals surface area contributed by atoms with Crippen molar-refractivity contribution >= 4 is 23.8 Å². The summed E-state index contributed by atoms with van der Waals surface area (Å²) in [5.74, 6) is -0.602. The summed E-state index contributed by atoms with van der Waals surface area (Å²) in [5.41, 5.74) is 4.30. The fourth-order valence-electron chi connectivity index (χ4n) is 2.48. The van der Waals surface area contributed by atoms with Gasteiger partial charge in [0, 0.05) is 6.54 Å². The van der Waals surface area contributed by atoms with Crippen molar-refractivity contribution in [3.63, 3.8) is 0 Å². The van der Waals surface area contributed by atoms with E-state index >= 15 is 0 Å². The Morgan fingerprint density at radius 2 is 1.76 bits per heavy atom. The highest BCUT2D eigenvalue weighted by atomic mass is 16.2. The van der Waals surface area contributed by atoms with E-state index in [0.717, 1.165) is 22.3 Å². The van der Waals surface area contributed by atoms with E-state index in [1.807, 2.05) is 74.5 Å². The van der Waals surface area contributed by atoms with Crippen molar-refractivity contribution in [2.24, 2.45) is 0 Å². The van der Waals surface area contributed by atoms with E-state index in [1.54, 1.807) is 6.08 Å². The Balaban J connectivity index is 2.06. The van der Waals surface area contributed by atoms with Crippen LogP contribution in [-0.4, -0.2) is 18.2 Å². The number of carbonyl (C=O) groups is 2. The molecule has 128 valence electrons. The van der Waals surface area contributed by atoms with Crippen LogP contribution in [0.15, 0.2) is 60.2 Å². The molecule has 0 aliphatic rings. The smallest absolute Gasteiger partial charge is 0.255 e. The average molecular weight is 333 g/mol. The van der Waals surface area contributed by atoms with Gasteiger partial charge in [0.1, 0.15) is 0 Å². The number of benzene rings is 2. The Kier molecular flexibility index (Phi) is 6.47. The number of ketones is 1. The molecule has 0 saturated carbocycles. The molecule has 0 saturated heterocycles. The first-order chi connectivity index (χ1) is 12.0. The fraction of sp³-hybridized carbons (Fsp3) is 0.182. The molecule has 2 aromatic rings. The Hall–Kier alpha value is -2.94. The van der Waals surface area contributed by atoms with E-state index in [2.05, 4.69) is 5.32 Å². The Morgan fingerprint density at radius 1 is 1.04 bits per heavy atom. The second kappa shape index (κ2) is 8.78. The van der Waals surface area contributed by atoms with Gasteiger partial charge in [-0.15, -0.1) is 0 Å². The third kappa shape index (κ3) is 5.57. The monoisotopic (exact) mass is 333 g/mol. The standard InChI is InChI=1S/C22H23NO2/c1-16-11-12-20(17(2)14-16)15-21(18(3)24)22(25)23-13-7-10-19-8-5-4-6-9-19/h4-12,14-15H,13H2,1-3H3,(H,23,25). The minimum absolute atomic E-state index is 0.167. The normalized spacial score (nSPS) is 11.6. The van der Waals surface area contributed by atoms with Crippen molar-refractivity contribution in [3.8, 4) is 0 Å². The largest absolute Gasteiger partial charge is 0.348 e. The summed E-state index contributed by atoms with van der Waals surface area (Å²) in [4.78, 5) is 24.2. The second-order valence-corrected chi connectivity index (χ2v) is 6.00. The highest BCUT2D eigenvalue weighted by molar-refractivity contribution is 6.21. The van der Waals surface area contributed by atoms with Gasteiger partial charge in [0.2, 0.25) is 0 Å². The lowest BCUT2D eigenvalue weighted by atomic mass is 10.0. The average Bonchev–Trinajstić information content (AvgIpc) is 2.58. The third-order valence-corrected chi connectivity index (χ3v) is 3.84. The van der Waals surface area contributed by atoms with Crippen LogP contribution in [0.3, 0.4) is 0 Å². The summed E-state index contributed by atoms with van der Waals surface area (Å²) in [7, 11) is 0. The maximum Gasteiger partial charge on any atom is 0.255 e. The quantitative estimate of drug-likeness (QED) is 0.491. The van der Waals surface area contributed by atoms with Gasteiger partial charge in [-0.2, -0.15) is 0 Å². The van der Waals surface area contributed by atoms with Crippen LogP contribution in [0.2, 0.25) is 0 Å². The molecule has 3 nitrogen and oxygen atoms in total. The van der Waals surface area contributed by atoms with Gasteiger partial charge in [-0.05, 0) is 43.5 Å². The van der Waals surface area contributed by atoms with E-state index in [9.17, 15) is 9.59 Å². The Bertz CT molecular complexity index is 817. The molecule has 0 radical (unpaired) electrons. The Morgan fingerprint density at radius 3 is 2.40 bits per heavy atom. The Labute approximate surface area is 149 Å². The van der Waals surface area contributed by atoms with Crippen molar-refractivity contribution in [1.82, 2.24) is 5.32 Å². The van der Waals surface area contributed by atoms with E-state index in [4.69, 9.17) is 0 Å². The van der Waals surface area contributed by atoms with Crippen LogP contribution in [0.1, 0.15) is 29.2 Å². The number of amides is 1. The van der Waals surface area contributed by atoms with Gasteiger partial charge in [-0.3, -0.25) is 9.59 Å². The lowest BCUT2D eigenvalue weighted by molar-refractivity contribution is -0.121. The molecule has 2 rings (SSSR count). The number of hydrogen-bond acceptors (Lipinski definition) is 2. The predicted molar refractivity (Wildman–Crippen MR) is 103 cm³/mol. The minimum Gasteiger partial charge on any atom is -0.348 e. The van der Waals surface area contributed by atoms with E-state index in [-0.39, 0.29) is 17.3 Å².